The number of carbonyl (C=O) groups excluding carboxylic acids is 2. The van der Waals surface area contributed by atoms with Crippen LogP contribution in [0.5, 0.6) is 0 Å². The molecular formula is C75H149NO5. The Morgan fingerprint density at radius 2 is 0.506 bits per heavy atom. The molecular weight excluding hydrogens is 995 g/mol. The van der Waals surface area contributed by atoms with Crippen LogP contribution in [-0.2, 0) is 14.3 Å². The van der Waals surface area contributed by atoms with Crippen molar-refractivity contribution >= 4 is 11.9 Å². The van der Waals surface area contributed by atoms with E-state index >= 15 is 0 Å². The lowest BCUT2D eigenvalue weighted by atomic mass is 10.0. The second kappa shape index (κ2) is 71.3. The fourth-order valence-corrected chi connectivity index (χ4v) is 12.4. The van der Waals surface area contributed by atoms with Crippen molar-refractivity contribution in [3.8, 4) is 0 Å². The van der Waals surface area contributed by atoms with Gasteiger partial charge in [0.05, 0.1) is 25.4 Å². The summed E-state index contributed by atoms with van der Waals surface area (Å²) in [7, 11) is 0. The summed E-state index contributed by atoms with van der Waals surface area (Å²) >= 11 is 0. The molecule has 2 unspecified atom stereocenters. The summed E-state index contributed by atoms with van der Waals surface area (Å²) in [6, 6.07) is -0.538. The number of hydrogen-bond donors (Lipinski definition) is 3. The van der Waals surface area contributed by atoms with Crippen molar-refractivity contribution in [1.29, 1.82) is 0 Å². The first-order valence-electron chi connectivity index (χ1n) is 37.8. The third-order valence-electron chi connectivity index (χ3n) is 18.2. The molecule has 484 valence electrons. The number of rotatable bonds is 72. The van der Waals surface area contributed by atoms with Gasteiger partial charge in [-0.15, -0.1) is 0 Å². The maximum Gasteiger partial charge on any atom is 0.305 e. The molecule has 0 aliphatic rings. The third-order valence-corrected chi connectivity index (χ3v) is 18.2. The quantitative estimate of drug-likeness (QED) is 0.0417. The number of aliphatic hydroxyl groups excluding tert-OH is 2. The second-order valence-corrected chi connectivity index (χ2v) is 26.4. The number of esters is 1. The zero-order valence-corrected chi connectivity index (χ0v) is 55.6. The van der Waals surface area contributed by atoms with Crippen LogP contribution in [0.2, 0.25) is 0 Å². The topological polar surface area (TPSA) is 95.9 Å². The van der Waals surface area contributed by atoms with Crippen LogP contribution in [0.25, 0.3) is 0 Å². The lowest BCUT2D eigenvalue weighted by molar-refractivity contribution is -0.143. The highest BCUT2D eigenvalue weighted by Crippen LogP contribution is 2.20. The molecule has 6 heteroatoms. The number of aliphatic hydroxyl groups is 2. The van der Waals surface area contributed by atoms with Gasteiger partial charge in [-0.1, -0.05) is 406 Å². The third kappa shape index (κ3) is 67.9. The van der Waals surface area contributed by atoms with E-state index in [-0.39, 0.29) is 18.5 Å². The summed E-state index contributed by atoms with van der Waals surface area (Å²) in [4.78, 5) is 24.6. The second-order valence-electron chi connectivity index (χ2n) is 26.4. The Morgan fingerprint density at radius 1 is 0.296 bits per heavy atom. The maximum absolute atomic E-state index is 12.6. The molecule has 0 aliphatic carbocycles. The van der Waals surface area contributed by atoms with Crippen molar-refractivity contribution in [2.75, 3.05) is 13.2 Å². The predicted molar refractivity (Wildman–Crippen MR) is 357 cm³/mol. The van der Waals surface area contributed by atoms with Crippen LogP contribution in [0.15, 0.2) is 0 Å². The van der Waals surface area contributed by atoms with Gasteiger partial charge >= 0.3 is 5.97 Å². The highest BCUT2D eigenvalue weighted by molar-refractivity contribution is 5.76. The molecule has 0 saturated carbocycles. The number of hydrogen-bond acceptors (Lipinski definition) is 5. The first-order chi connectivity index (χ1) is 40.0. The molecule has 3 N–H and O–H groups in total. The molecule has 0 fully saturated rings. The van der Waals surface area contributed by atoms with Crippen molar-refractivity contribution in [2.24, 2.45) is 0 Å². The molecule has 6 nitrogen and oxygen atoms in total. The fourth-order valence-electron chi connectivity index (χ4n) is 12.4. The molecule has 0 rings (SSSR count). The maximum atomic E-state index is 12.6. The van der Waals surface area contributed by atoms with Gasteiger partial charge in [0.2, 0.25) is 5.91 Å². The molecule has 0 heterocycles. The number of amides is 1. The average molecular weight is 1150 g/mol. The van der Waals surface area contributed by atoms with E-state index in [2.05, 4.69) is 19.2 Å². The van der Waals surface area contributed by atoms with Crippen LogP contribution >= 0.6 is 0 Å². The van der Waals surface area contributed by atoms with Gasteiger partial charge in [0, 0.05) is 12.8 Å². The highest BCUT2D eigenvalue weighted by atomic mass is 16.5. The van der Waals surface area contributed by atoms with Crippen molar-refractivity contribution in [2.45, 2.75) is 456 Å². The minimum absolute atomic E-state index is 0.0239. The Hall–Kier alpha value is -1.14. The van der Waals surface area contributed by atoms with Crippen LogP contribution in [0, 0.1) is 0 Å². The molecule has 0 bridgehead atoms. The van der Waals surface area contributed by atoms with Gasteiger partial charge in [0.15, 0.2) is 0 Å². The van der Waals surface area contributed by atoms with E-state index in [1.165, 1.54) is 372 Å². The largest absolute Gasteiger partial charge is 0.466 e. The van der Waals surface area contributed by atoms with E-state index in [9.17, 15) is 19.8 Å². The zero-order valence-electron chi connectivity index (χ0n) is 55.6. The molecule has 0 aromatic carbocycles. The average Bonchev–Trinajstić information content (AvgIpc) is 3.47. The number of unbranched alkanes of at least 4 members (excludes halogenated alkanes) is 61. The van der Waals surface area contributed by atoms with E-state index in [1.807, 2.05) is 0 Å². The summed E-state index contributed by atoms with van der Waals surface area (Å²) in [6.45, 7) is 5.01. The minimum atomic E-state index is -0.662. The van der Waals surface area contributed by atoms with Crippen LogP contribution < -0.4 is 5.32 Å². The molecule has 81 heavy (non-hydrogen) atoms. The van der Waals surface area contributed by atoms with Crippen LogP contribution in [0.1, 0.15) is 444 Å². The Labute approximate surface area is 508 Å². The van der Waals surface area contributed by atoms with E-state index in [0.29, 0.717) is 25.9 Å². The molecule has 0 aromatic rings. The Kier molecular flexibility index (Phi) is 70.3. The Bertz CT molecular complexity index is 1180. The van der Waals surface area contributed by atoms with Gasteiger partial charge in [-0.3, -0.25) is 9.59 Å². The van der Waals surface area contributed by atoms with Crippen molar-refractivity contribution in [3.63, 3.8) is 0 Å². The summed E-state index contributed by atoms with van der Waals surface area (Å²) in [5.41, 5.74) is 0. The number of ether oxygens (including phenoxy) is 1. The fraction of sp³-hybridized carbons (Fsp3) is 0.973. The zero-order chi connectivity index (χ0) is 58.5. The smallest absolute Gasteiger partial charge is 0.305 e. The molecule has 2 atom stereocenters. The Morgan fingerprint density at radius 3 is 0.753 bits per heavy atom. The van der Waals surface area contributed by atoms with Gasteiger partial charge in [0.25, 0.3) is 0 Å². The molecule has 0 saturated heterocycles. The SMILES string of the molecule is CCCCCCCCCCCCCCCCCCCCCCC(O)C(CO)NC(=O)CCCCCCCCCCCCCCCCCCCCCCCCCCCCCCCOC(=O)CCCCCCCCCCCCCCCCC. The summed E-state index contributed by atoms with van der Waals surface area (Å²) in [5, 5.41) is 23.4. The van der Waals surface area contributed by atoms with Crippen molar-refractivity contribution in [3.05, 3.63) is 0 Å². The van der Waals surface area contributed by atoms with Crippen LogP contribution in [0.3, 0.4) is 0 Å². The van der Waals surface area contributed by atoms with Gasteiger partial charge in [-0.05, 0) is 25.7 Å². The van der Waals surface area contributed by atoms with Crippen molar-refractivity contribution in [1.82, 2.24) is 5.32 Å². The van der Waals surface area contributed by atoms with Gasteiger partial charge in [0.1, 0.15) is 0 Å². The summed E-state index contributed by atoms with van der Waals surface area (Å²) in [6.07, 6.45) is 87.5. The van der Waals surface area contributed by atoms with Crippen LogP contribution in [-0.4, -0.2) is 47.4 Å². The van der Waals surface area contributed by atoms with E-state index in [4.69, 9.17) is 4.74 Å². The predicted octanol–water partition coefficient (Wildman–Crippen LogP) is 24.5. The molecule has 1 amide bonds. The molecule has 0 aliphatic heterocycles. The number of nitrogens with one attached hydrogen (secondary N) is 1. The molecule has 0 aromatic heterocycles. The Balaban J connectivity index is 3.32. The summed E-state index contributed by atoms with van der Waals surface area (Å²) < 4.78 is 5.51. The van der Waals surface area contributed by atoms with Crippen LogP contribution in [0.4, 0.5) is 0 Å². The lowest BCUT2D eigenvalue weighted by Gasteiger charge is -2.22. The van der Waals surface area contributed by atoms with Gasteiger partial charge in [-0.2, -0.15) is 0 Å². The minimum Gasteiger partial charge on any atom is -0.466 e. The van der Waals surface area contributed by atoms with Gasteiger partial charge in [-0.25, -0.2) is 0 Å². The van der Waals surface area contributed by atoms with Gasteiger partial charge < -0.3 is 20.3 Å². The highest BCUT2D eigenvalue weighted by Gasteiger charge is 2.20. The standard InChI is InChI=1S/C75H149NO5/c1-3-5-7-9-11-13-15-17-19-20-21-33-36-40-43-47-51-55-59-63-67-73(78)72(71-77)76-74(79)68-64-60-56-52-48-44-41-37-34-31-29-27-25-23-22-24-26-28-30-32-35-38-42-46-50-54-58-62-66-70-81-75(80)69-65-61-57-53-49-45-39-18-16-14-12-10-8-6-4-2/h72-73,77-78H,3-71H2,1-2H3,(H,76,79). The summed E-state index contributed by atoms with van der Waals surface area (Å²) in [5.74, 6) is -0.00192. The number of carbonyl (C=O) groups is 2. The normalized spacial score (nSPS) is 12.4. The first-order valence-corrected chi connectivity index (χ1v) is 37.8. The van der Waals surface area contributed by atoms with E-state index in [1.54, 1.807) is 0 Å². The molecule has 0 spiro atoms. The molecule has 0 radical (unpaired) electrons. The lowest BCUT2D eigenvalue weighted by Crippen LogP contribution is -2.45. The van der Waals surface area contributed by atoms with Crippen molar-refractivity contribution < 1.29 is 24.5 Å². The monoisotopic (exact) mass is 1140 g/mol. The van der Waals surface area contributed by atoms with E-state index < -0.39 is 12.1 Å². The van der Waals surface area contributed by atoms with E-state index in [0.717, 1.165) is 38.5 Å². The first kappa shape index (κ1) is 79.9.